The highest BCUT2D eigenvalue weighted by molar-refractivity contribution is 5.96. The van der Waals surface area contributed by atoms with Crippen LogP contribution in [0.15, 0.2) is 30.3 Å². The average Bonchev–Trinajstić information content (AvgIpc) is 2.19. The van der Waals surface area contributed by atoms with Crippen molar-refractivity contribution in [2.24, 2.45) is 11.8 Å². The highest BCUT2D eigenvalue weighted by Gasteiger charge is 2.13. The highest BCUT2D eigenvalue weighted by Crippen LogP contribution is 2.16. The number of carbonyl (C=O) groups excluding carboxylic acids is 1. The molecule has 0 radical (unpaired) electrons. The van der Waals surface area contributed by atoms with E-state index in [0.29, 0.717) is 18.3 Å². The predicted molar refractivity (Wildman–Crippen MR) is 59.4 cm³/mol. The van der Waals surface area contributed by atoms with Gasteiger partial charge in [0.25, 0.3) is 0 Å². The van der Waals surface area contributed by atoms with Gasteiger partial charge in [-0.05, 0) is 11.8 Å². The molecule has 76 valence electrons. The molecule has 0 aromatic heterocycles. The molecule has 0 aliphatic carbocycles. The average molecular weight is 190 g/mol. The van der Waals surface area contributed by atoms with E-state index in [0.717, 1.165) is 5.56 Å². The third kappa shape index (κ3) is 2.99. The molecule has 1 rings (SSSR count). The second kappa shape index (κ2) is 4.94. The smallest absolute Gasteiger partial charge is 0.163 e. The van der Waals surface area contributed by atoms with Gasteiger partial charge >= 0.3 is 0 Å². The minimum Gasteiger partial charge on any atom is -0.294 e. The maximum Gasteiger partial charge on any atom is 0.163 e. The molecule has 1 heteroatoms. The Kier molecular flexibility index (Phi) is 3.87. The van der Waals surface area contributed by atoms with E-state index in [2.05, 4.69) is 20.8 Å². The number of rotatable bonds is 4. The number of ketones is 1. The van der Waals surface area contributed by atoms with Crippen LogP contribution in [0.2, 0.25) is 0 Å². The Bertz CT molecular complexity index is 287. The lowest BCUT2D eigenvalue weighted by Crippen LogP contribution is -2.10. The van der Waals surface area contributed by atoms with Gasteiger partial charge in [0, 0.05) is 12.0 Å². The van der Waals surface area contributed by atoms with Crippen LogP contribution in [0.5, 0.6) is 0 Å². The van der Waals surface area contributed by atoms with E-state index in [1.165, 1.54) is 0 Å². The Balaban J connectivity index is 2.60. The molecule has 0 aliphatic heterocycles. The Morgan fingerprint density at radius 3 is 2.21 bits per heavy atom. The number of hydrogen-bond acceptors (Lipinski definition) is 1. The molecule has 0 saturated heterocycles. The van der Waals surface area contributed by atoms with Crippen LogP contribution in [0, 0.1) is 11.8 Å². The zero-order valence-electron chi connectivity index (χ0n) is 9.16. The lowest BCUT2D eigenvalue weighted by Gasteiger charge is -2.13. The van der Waals surface area contributed by atoms with E-state index >= 15 is 0 Å². The van der Waals surface area contributed by atoms with Crippen LogP contribution in [-0.4, -0.2) is 5.78 Å². The molecule has 1 unspecified atom stereocenters. The first kappa shape index (κ1) is 11.0. The highest BCUT2D eigenvalue weighted by atomic mass is 16.1. The van der Waals surface area contributed by atoms with Crippen molar-refractivity contribution in [2.45, 2.75) is 27.2 Å². The van der Waals surface area contributed by atoms with Crippen LogP contribution in [0.1, 0.15) is 37.6 Å². The fourth-order valence-electron chi connectivity index (χ4n) is 1.27. The van der Waals surface area contributed by atoms with E-state index < -0.39 is 0 Å². The Morgan fingerprint density at radius 2 is 1.71 bits per heavy atom. The van der Waals surface area contributed by atoms with Crippen LogP contribution < -0.4 is 0 Å². The van der Waals surface area contributed by atoms with Gasteiger partial charge in [0.05, 0.1) is 0 Å². The van der Waals surface area contributed by atoms with Crippen molar-refractivity contribution < 1.29 is 4.79 Å². The van der Waals surface area contributed by atoms with Gasteiger partial charge in [-0.15, -0.1) is 0 Å². The standard InChI is InChI=1S/C13H18O/c1-10(2)11(3)9-13(14)12-7-5-4-6-8-12/h4-8,10-11H,9H2,1-3H3. The number of Topliss-reactive ketones (excluding diaryl/α,β-unsaturated/α-hetero) is 1. The summed E-state index contributed by atoms with van der Waals surface area (Å²) in [6.45, 7) is 6.44. The topological polar surface area (TPSA) is 17.1 Å². The minimum atomic E-state index is 0.256. The molecule has 0 fully saturated rings. The quantitative estimate of drug-likeness (QED) is 0.663. The van der Waals surface area contributed by atoms with Crippen LogP contribution in [0.3, 0.4) is 0 Å². The zero-order valence-corrected chi connectivity index (χ0v) is 9.16. The van der Waals surface area contributed by atoms with Gasteiger partial charge in [0.15, 0.2) is 5.78 Å². The van der Waals surface area contributed by atoms with E-state index in [1.54, 1.807) is 0 Å². The van der Waals surface area contributed by atoms with E-state index in [9.17, 15) is 4.79 Å². The molecule has 0 aliphatic rings. The Labute approximate surface area is 86.1 Å². The summed E-state index contributed by atoms with van der Waals surface area (Å²) in [4.78, 5) is 11.8. The summed E-state index contributed by atoms with van der Waals surface area (Å²) in [6, 6.07) is 9.52. The van der Waals surface area contributed by atoms with Crippen molar-refractivity contribution >= 4 is 5.78 Å². The van der Waals surface area contributed by atoms with E-state index in [1.807, 2.05) is 30.3 Å². The van der Waals surface area contributed by atoms with Gasteiger partial charge in [-0.25, -0.2) is 0 Å². The van der Waals surface area contributed by atoms with Crippen molar-refractivity contribution in [1.29, 1.82) is 0 Å². The molecule has 0 spiro atoms. The van der Waals surface area contributed by atoms with Gasteiger partial charge < -0.3 is 0 Å². The first-order valence-corrected chi connectivity index (χ1v) is 5.19. The van der Waals surface area contributed by atoms with E-state index in [-0.39, 0.29) is 5.78 Å². The van der Waals surface area contributed by atoms with Crippen molar-refractivity contribution in [3.63, 3.8) is 0 Å². The summed E-state index contributed by atoms with van der Waals surface area (Å²) in [7, 11) is 0. The van der Waals surface area contributed by atoms with Crippen molar-refractivity contribution in [3.05, 3.63) is 35.9 Å². The molecule has 1 aromatic carbocycles. The molecule has 0 bridgehead atoms. The maximum atomic E-state index is 11.8. The van der Waals surface area contributed by atoms with Crippen molar-refractivity contribution in [3.8, 4) is 0 Å². The Hall–Kier alpha value is -1.11. The molecular weight excluding hydrogens is 172 g/mol. The first-order chi connectivity index (χ1) is 6.61. The van der Waals surface area contributed by atoms with E-state index in [4.69, 9.17) is 0 Å². The SMILES string of the molecule is CC(C)C(C)CC(=O)c1ccccc1. The van der Waals surface area contributed by atoms with Gasteiger partial charge in [0.1, 0.15) is 0 Å². The summed E-state index contributed by atoms with van der Waals surface area (Å²) in [5.74, 6) is 1.29. The maximum absolute atomic E-state index is 11.8. The van der Waals surface area contributed by atoms with Gasteiger partial charge in [-0.3, -0.25) is 4.79 Å². The largest absolute Gasteiger partial charge is 0.294 e. The third-order valence-electron chi connectivity index (χ3n) is 2.74. The Morgan fingerprint density at radius 1 is 1.14 bits per heavy atom. The predicted octanol–water partition coefficient (Wildman–Crippen LogP) is 3.55. The number of hydrogen-bond donors (Lipinski definition) is 0. The third-order valence-corrected chi connectivity index (χ3v) is 2.74. The van der Waals surface area contributed by atoms with Gasteiger partial charge in [-0.2, -0.15) is 0 Å². The molecule has 1 nitrogen and oxygen atoms in total. The monoisotopic (exact) mass is 190 g/mol. The van der Waals surface area contributed by atoms with Gasteiger partial charge in [-0.1, -0.05) is 51.1 Å². The van der Waals surface area contributed by atoms with Crippen molar-refractivity contribution in [1.82, 2.24) is 0 Å². The molecule has 1 atom stereocenters. The lowest BCUT2D eigenvalue weighted by molar-refractivity contribution is 0.0953. The first-order valence-electron chi connectivity index (χ1n) is 5.19. The van der Waals surface area contributed by atoms with Crippen molar-refractivity contribution in [2.75, 3.05) is 0 Å². The van der Waals surface area contributed by atoms with Gasteiger partial charge in [0.2, 0.25) is 0 Å². The molecule has 0 N–H and O–H groups in total. The van der Waals surface area contributed by atoms with Crippen LogP contribution in [-0.2, 0) is 0 Å². The fraction of sp³-hybridized carbons (Fsp3) is 0.462. The number of carbonyl (C=O) groups is 1. The minimum absolute atomic E-state index is 0.256. The fourth-order valence-corrected chi connectivity index (χ4v) is 1.27. The summed E-state index contributed by atoms with van der Waals surface area (Å²) in [5.41, 5.74) is 0.833. The second-order valence-corrected chi connectivity index (χ2v) is 4.21. The molecule has 0 amide bonds. The van der Waals surface area contributed by atoms with Crippen LogP contribution >= 0.6 is 0 Å². The summed E-state index contributed by atoms with van der Waals surface area (Å²) in [6.07, 6.45) is 0.654. The molecular formula is C13H18O. The molecule has 0 heterocycles. The van der Waals surface area contributed by atoms with Crippen LogP contribution in [0.4, 0.5) is 0 Å². The summed E-state index contributed by atoms with van der Waals surface area (Å²) >= 11 is 0. The lowest BCUT2D eigenvalue weighted by atomic mass is 9.91. The normalized spacial score (nSPS) is 12.9. The van der Waals surface area contributed by atoms with Crippen LogP contribution in [0.25, 0.3) is 0 Å². The molecule has 1 aromatic rings. The summed E-state index contributed by atoms with van der Waals surface area (Å²) in [5, 5.41) is 0. The molecule has 0 saturated carbocycles. The summed E-state index contributed by atoms with van der Waals surface area (Å²) < 4.78 is 0. The number of benzene rings is 1. The second-order valence-electron chi connectivity index (χ2n) is 4.21. The zero-order chi connectivity index (χ0) is 10.6. The molecule has 14 heavy (non-hydrogen) atoms.